The van der Waals surface area contributed by atoms with Gasteiger partial charge in [0, 0.05) is 11.1 Å². The van der Waals surface area contributed by atoms with E-state index in [0.29, 0.717) is 46.6 Å². The molecule has 4 aromatic rings. The first-order chi connectivity index (χ1) is 18.9. The van der Waals surface area contributed by atoms with E-state index >= 15 is 0 Å². The van der Waals surface area contributed by atoms with Gasteiger partial charge >= 0.3 is 6.16 Å². The fraction of sp³-hybridized carbons (Fsp3) is 0.167. The van der Waals surface area contributed by atoms with E-state index in [1.54, 1.807) is 35.2 Å². The van der Waals surface area contributed by atoms with E-state index in [-0.39, 0.29) is 23.7 Å². The Balaban J connectivity index is 1.50. The summed E-state index contributed by atoms with van der Waals surface area (Å²) in [5, 5.41) is 8.73. The van der Waals surface area contributed by atoms with E-state index in [9.17, 15) is 9.59 Å². The number of ether oxygens (including phenoxy) is 3. The number of benzene rings is 3. The number of fused-ring (bicyclic) bond motifs is 1. The second-order valence-electron chi connectivity index (χ2n) is 8.78. The third kappa shape index (κ3) is 5.47. The largest absolute Gasteiger partial charge is 0.514 e. The van der Waals surface area contributed by atoms with Gasteiger partial charge in [-0.1, -0.05) is 36.4 Å². The molecule has 1 N–H and O–H groups in total. The number of anilines is 2. The summed E-state index contributed by atoms with van der Waals surface area (Å²) in [6, 6.07) is 23.3. The van der Waals surface area contributed by atoms with Gasteiger partial charge in [-0.3, -0.25) is 15.1 Å². The monoisotopic (exact) mass is 522 g/mol. The Morgan fingerprint density at radius 1 is 0.949 bits per heavy atom. The average Bonchev–Trinajstić information content (AvgIpc) is 3.28. The van der Waals surface area contributed by atoms with Crippen molar-refractivity contribution in [1.29, 1.82) is 5.41 Å². The number of aromatic nitrogens is 2. The van der Waals surface area contributed by atoms with Crippen molar-refractivity contribution in [3.63, 3.8) is 0 Å². The number of hydrogen-bond donors (Lipinski definition) is 1. The highest BCUT2D eigenvalue weighted by Gasteiger charge is 2.35. The second kappa shape index (κ2) is 11.1. The molecule has 0 spiro atoms. The number of carbonyl (C=O) groups excluding carboxylic acids is 2. The van der Waals surface area contributed by atoms with Gasteiger partial charge in [0.1, 0.15) is 23.9 Å². The molecule has 1 amide bonds. The Kier molecular flexibility index (Phi) is 7.31. The Morgan fingerprint density at radius 3 is 2.38 bits per heavy atom. The van der Waals surface area contributed by atoms with Crippen LogP contribution < -0.4 is 14.4 Å². The molecule has 9 nitrogen and oxygen atoms in total. The lowest BCUT2D eigenvalue weighted by Gasteiger charge is -2.20. The Hall–Kier alpha value is -5.05. The molecular formula is C30H26N4O5. The first kappa shape index (κ1) is 25.6. The number of hydrogen-bond acceptors (Lipinski definition) is 8. The summed E-state index contributed by atoms with van der Waals surface area (Å²) < 4.78 is 15.9. The number of amides is 1. The SMILES string of the molecule is CCOc1ccc(-c2nc(C(=N)COC(=O)Oc3ccccc3)c3c(n2)N(c2ccccc2C)C(=O)C3)cc1. The Morgan fingerprint density at radius 2 is 1.67 bits per heavy atom. The molecule has 0 aliphatic carbocycles. The predicted molar refractivity (Wildman–Crippen MR) is 146 cm³/mol. The van der Waals surface area contributed by atoms with Crippen LogP contribution in [0, 0.1) is 12.3 Å². The molecule has 0 atom stereocenters. The van der Waals surface area contributed by atoms with Gasteiger partial charge in [0.15, 0.2) is 5.82 Å². The zero-order chi connectivity index (χ0) is 27.4. The van der Waals surface area contributed by atoms with Crippen molar-refractivity contribution in [2.24, 2.45) is 0 Å². The normalized spacial score (nSPS) is 12.2. The number of carbonyl (C=O) groups is 2. The molecular weight excluding hydrogens is 496 g/mol. The van der Waals surface area contributed by atoms with Crippen LogP contribution in [0.3, 0.4) is 0 Å². The number of aryl methyl sites for hydroxylation is 1. The lowest BCUT2D eigenvalue weighted by atomic mass is 10.1. The van der Waals surface area contributed by atoms with Crippen molar-refractivity contribution in [2.75, 3.05) is 18.1 Å². The maximum atomic E-state index is 13.3. The van der Waals surface area contributed by atoms with E-state index in [0.717, 1.165) is 5.56 Å². The van der Waals surface area contributed by atoms with Gasteiger partial charge in [0.05, 0.1) is 30.1 Å². The molecule has 3 aromatic carbocycles. The predicted octanol–water partition coefficient (Wildman–Crippen LogP) is 5.65. The molecule has 2 heterocycles. The number of nitrogens with zero attached hydrogens (tertiary/aromatic N) is 3. The van der Waals surface area contributed by atoms with Crippen LogP contribution in [-0.4, -0.2) is 41.0 Å². The topological polar surface area (TPSA) is 115 Å². The number of rotatable bonds is 8. The van der Waals surface area contributed by atoms with Crippen molar-refractivity contribution < 1.29 is 23.8 Å². The molecule has 9 heteroatoms. The van der Waals surface area contributed by atoms with Crippen molar-refractivity contribution in [3.8, 4) is 22.9 Å². The highest BCUT2D eigenvalue weighted by atomic mass is 16.7. The van der Waals surface area contributed by atoms with Crippen molar-refractivity contribution in [2.45, 2.75) is 20.3 Å². The van der Waals surface area contributed by atoms with Crippen molar-refractivity contribution >= 4 is 29.3 Å². The van der Waals surface area contributed by atoms with Gasteiger partial charge in [0.25, 0.3) is 0 Å². The summed E-state index contributed by atoms with van der Waals surface area (Å²) in [7, 11) is 0. The smallest absolute Gasteiger partial charge is 0.494 e. The van der Waals surface area contributed by atoms with Crippen LogP contribution in [0.25, 0.3) is 11.4 Å². The van der Waals surface area contributed by atoms with Crippen LogP contribution >= 0.6 is 0 Å². The average molecular weight is 523 g/mol. The number of nitrogens with one attached hydrogen (secondary N) is 1. The van der Waals surface area contributed by atoms with Gasteiger partial charge in [-0.25, -0.2) is 14.8 Å². The summed E-state index contributed by atoms with van der Waals surface area (Å²) >= 11 is 0. The number of para-hydroxylation sites is 2. The molecule has 196 valence electrons. The zero-order valence-electron chi connectivity index (χ0n) is 21.5. The Labute approximate surface area is 225 Å². The Bertz CT molecular complexity index is 1540. The van der Waals surface area contributed by atoms with E-state index in [4.69, 9.17) is 24.6 Å². The fourth-order valence-electron chi connectivity index (χ4n) is 4.29. The quantitative estimate of drug-likeness (QED) is 0.180. The minimum absolute atomic E-state index is 0.0133. The highest BCUT2D eigenvalue weighted by molar-refractivity contribution is 6.11. The van der Waals surface area contributed by atoms with Crippen molar-refractivity contribution in [1.82, 2.24) is 9.97 Å². The molecule has 1 aliphatic heterocycles. The zero-order valence-corrected chi connectivity index (χ0v) is 21.5. The van der Waals surface area contributed by atoms with E-state index in [2.05, 4.69) is 4.98 Å². The van der Waals surface area contributed by atoms with Crippen LogP contribution in [-0.2, 0) is 16.0 Å². The molecule has 0 radical (unpaired) electrons. The standard InChI is InChI=1S/C30H26N4O5/c1-3-37-21-15-13-20(14-16-21)28-32-27(24(31)18-38-30(36)39-22-10-5-4-6-11-22)23-17-26(35)34(29(23)33-28)25-12-8-7-9-19(25)2/h4-16,31H,3,17-18H2,1-2H3. The molecule has 1 aromatic heterocycles. The van der Waals surface area contributed by atoms with Crippen LogP contribution in [0.1, 0.15) is 23.7 Å². The second-order valence-corrected chi connectivity index (χ2v) is 8.78. The van der Waals surface area contributed by atoms with Crippen LogP contribution in [0.15, 0.2) is 78.9 Å². The lowest BCUT2D eigenvalue weighted by Crippen LogP contribution is -2.22. The minimum Gasteiger partial charge on any atom is -0.494 e. The van der Waals surface area contributed by atoms with Gasteiger partial charge in [-0.15, -0.1) is 0 Å². The molecule has 5 rings (SSSR count). The lowest BCUT2D eigenvalue weighted by molar-refractivity contribution is -0.116. The van der Waals surface area contributed by atoms with Gasteiger partial charge in [-0.05, 0) is 61.9 Å². The van der Waals surface area contributed by atoms with Crippen LogP contribution in [0.2, 0.25) is 0 Å². The fourth-order valence-corrected chi connectivity index (χ4v) is 4.29. The van der Waals surface area contributed by atoms with Gasteiger partial charge < -0.3 is 14.2 Å². The van der Waals surface area contributed by atoms with Gasteiger partial charge in [-0.2, -0.15) is 0 Å². The van der Waals surface area contributed by atoms with E-state index < -0.39 is 12.8 Å². The molecule has 0 unspecified atom stereocenters. The first-order valence-corrected chi connectivity index (χ1v) is 12.4. The molecule has 0 saturated carbocycles. The summed E-state index contributed by atoms with van der Waals surface area (Å²) in [5.74, 6) is 1.58. The highest BCUT2D eigenvalue weighted by Crippen LogP contribution is 2.38. The summed E-state index contributed by atoms with van der Waals surface area (Å²) in [5.41, 5.74) is 2.96. The summed E-state index contributed by atoms with van der Waals surface area (Å²) in [6.07, 6.45) is -0.930. The minimum atomic E-state index is -0.944. The van der Waals surface area contributed by atoms with Crippen LogP contribution in [0.5, 0.6) is 11.5 Å². The molecule has 1 aliphatic rings. The molecule has 0 bridgehead atoms. The van der Waals surface area contributed by atoms with E-state index in [1.165, 1.54) is 0 Å². The third-order valence-electron chi connectivity index (χ3n) is 6.12. The summed E-state index contributed by atoms with van der Waals surface area (Å²) in [4.78, 5) is 36.5. The first-order valence-electron chi connectivity index (χ1n) is 12.4. The maximum Gasteiger partial charge on any atom is 0.514 e. The van der Waals surface area contributed by atoms with Crippen LogP contribution in [0.4, 0.5) is 16.3 Å². The third-order valence-corrected chi connectivity index (χ3v) is 6.12. The van der Waals surface area contributed by atoms with E-state index in [1.807, 2.05) is 62.4 Å². The summed E-state index contributed by atoms with van der Waals surface area (Å²) in [6.45, 7) is 3.97. The molecule has 0 fully saturated rings. The van der Waals surface area contributed by atoms with Gasteiger partial charge in [0.2, 0.25) is 5.91 Å². The maximum absolute atomic E-state index is 13.3. The molecule has 0 saturated heterocycles. The molecule has 39 heavy (non-hydrogen) atoms. The van der Waals surface area contributed by atoms with Crippen molar-refractivity contribution in [3.05, 3.63) is 95.7 Å².